The van der Waals surface area contributed by atoms with Crippen molar-refractivity contribution < 1.29 is 23.4 Å². The van der Waals surface area contributed by atoms with Gasteiger partial charge in [-0.3, -0.25) is 0 Å². The van der Waals surface area contributed by atoms with E-state index in [0.717, 1.165) is 15.6 Å². The van der Waals surface area contributed by atoms with Gasteiger partial charge in [-0.05, 0) is 5.92 Å². The molecule has 0 aromatic carbocycles. The third-order valence-electron chi connectivity index (χ3n) is 3.29. The second kappa shape index (κ2) is 4.51. The van der Waals surface area contributed by atoms with Crippen molar-refractivity contribution in [3.63, 3.8) is 0 Å². The van der Waals surface area contributed by atoms with Gasteiger partial charge in [0.1, 0.15) is 0 Å². The van der Waals surface area contributed by atoms with Gasteiger partial charge >= 0.3 is 5.97 Å². The molecule has 0 amide bonds. The first-order valence-corrected chi connectivity index (χ1v) is 7.90. The number of hydrogen-bond acceptors (Lipinski definition) is 6. The number of aromatic carboxylic acids is 1. The first kappa shape index (κ1) is 14.4. The standard InChI is InChI=1S/C10H14N2O5S2/c1-6(2)10(15)3-12(4-10)19(16,17)9-7(8(13)14)11-5-18-9/h5-6,15H,3-4H2,1-2H3,(H,13,14). The lowest BCUT2D eigenvalue weighted by Gasteiger charge is -2.47. The second-order valence-corrected chi connectivity index (χ2v) is 7.81. The van der Waals surface area contributed by atoms with E-state index in [1.807, 2.05) is 0 Å². The number of β-amino-alcohol motifs (C(OH)–C–C–N with tert-alkyl or cyclic N) is 1. The maximum absolute atomic E-state index is 12.2. The molecule has 0 aliphatic carbocycles. The van der Waals surface area contributed by atoms with Gasteiger partial charge in [-0.25, -0.2) is 18.2 Å². The lowest BCUT2D eigenvalue weighted by molar-refractivity contribution is -0.0932. The highest BCUT2D eigenvalue weighted by Gasteiger charge is 2.50. The summed E-state index contributed by atoms with van der Waals surface area (Å²) in [5, 5.41) is 19.0. The number of thiazole rings is 1. The molecule has 1 aliphatic rings. The Morgan fingerprint density at radius 3 is 2.58 bits per heavy atom. The Kier molecular flexibility index (Phi) is 3.42. The normalized spacial score (nSPS) is 19.4. The Morgan fingerprint density at radius 1 is 1.53 bits per heavy atom. The van der Waals surface area contributed by atoms with Crippen molar-refractivity contribution in [3.05, 3.63) is 11.2 Å². The van der Waals surface area contributed by atoms with Crippen LogP contribution in [0.15, 0.2) is 9.72 Å². The molecule has 9 heteroatoms. The molecule has 1 aromatic heterocycles. The number of sulfonamides is 1. The first-order chi connectivity index (χ1) is 8.68. The van der Waals surface area contributed by atoms with Gasteiger partial charge in [-0.15, -0.1) is 11.3 Å². The van der Waals surface area contributed by atoms with E-state index >= 15 is 0 Å². The van der Waals surface area contributed by atoms with Gasteiger partial charge in [0, 0.05) is 13.1 Å². The van der Waals surface area contributed by atoms with E-state index in [1.54, 1.807) is 13.8 Å². The van der Waals surface area contributed by atoms with E-state index < -0.39 is 27.3 Å². The summed E-state index contributed by atoms with van der Waals surface area (Å²) in [6.45, 7) is 3.56. The van der Waals surface area contributed by atoms with E-state index in [9.17, 15) is 18.3 Å². The topological polar surface area (TPSA) is 108 Å². The number of carboxylic acids is 1. The fraction of sp³-hybridized carbons (Fsp3) is 0.600. The minimum atomic E-state index is -3.89. The van der Waals surface area contributed by atoms with Gasteiger partial charge in [-0.2, -0.15) is 4.31 Å². The summed E-state index contributed by atoms with van der Waals surface area (Å²) in [5.74, 6) is -1.45. The third-order valence-corrected chi connectivity index (χ3v) is 6.43. The molecule has 0 atom stereocenters. The summed E-state index contributed by atoms with van der Waals surface area (Å²) in [5.41, 5.74) is -0.323. The molecule has 0 bridgehead atoms. The molecular formula is C10H14N2O5S2. The van der Waals surface area contributed by atoms with Crippen LogP contribution in [0.25, 0.3) is 0 Å². The van der Waals surface area contributed by atoms with Crippen molar-refractivity contribution in [2.24, 2.45) is 5.92 Å². The highest BCUT2D eigenvalue weighted by molar-refractivity contribution is 7.91. The molecule has 7 nitrogen and oxygen atoms in total. The highest BCUT2D eigenvalue weighted by atomic mass is 32.2. The van der Waals surface area contributed by atoms with Gasteiger partial charge in [0.2, 0.25) is 0 Å². The van der Waals surface area contributed by atoms with Gasteiger partial charge in [0.05, 0.1) is 11.1 Å². The fourth-order valence-corrected chi connectivity index (χ4v) is 4.62. The lowest BCUT2D eigenvalue weighted by atomic mass is 9.85. The van der Waals surface area contributed by atoms with E-state index in [1.165, 1.54) is 5.51 Å². The Bertz CT molecular complexity index is 601. The fourth-order valence-electron chi connectivity index (χ4n) is 1.78. The molecule has 2 heterocycles. The molecule has 106 valence electrons. The minimum absolute atomic E-state index is 0.0239. The summed E-state index contributed by atoms with van der Waals surface area (Å²) in [7, 11) is -3.89. The number of nitrogens with zero attached hydrogens (tertiary/aromatic N) is 2. The number of hydrogen-bond donors (Lipinski definition) is 2. The minimum Gasteiger partial charge on any atom is -0.476 e. The van der Waals surface area contributed by atoms with Gasteiger partial charge < -0.3 is 10.2 Å². The van der Waals surface area contributed by atoms with E-state index in [2.05, 4.69) is 4.98 Å². The van der Waals surface area contributed by atoms with Crippen LogP contribution in [-0.4, -0.2) is 52.6 Å². The highest BCUT2D eigenvalue weighted by Crippen LogP contribution is 2.35. The summed E-state index contributed by atoms with van der Waals surface area (Å²) < 4.78 is 25.3. The number of aliphatic hydroxyl groups is 1. The second-order valence-electron chi connectivity index (χ2n) is 4.82. The van der Waals surface area contributed by atoms with Crippen LogP contribution in [0.4, 0.5) is 0 Å². The molecule has 0 unspecified atom stereocenters. The van der Waals surface area contributed by atoms with Gasteiger partial charge in [0.15, 0.2) is 9.90 Å². The monoisotopic (exact) mass is 306 g/mol. The van der Waals surface area contributed by atoms with Gasteiger partial charge in [0.25, 0.3) is 10.0 Å². The van der Waals surface area contributed by atoms with E-state index in [0.29, 0.717) is 0 Å². The molecular weight excluding hydrogens is 292 g/mol. The van der Waals surface area contributed by atoms with Crippen molar-refractivity contribution >= 4 is 27.3 Å². The summed E-state index contributed by atoms with van der Waals surface area (Å²) in [6, 6.07) is 0. The van der Waals surface area contributed by atoms with E-state index in [4.69, 9.17) is 5.11 Å². The van der Waals surface area contributed by atoms with Crippen LogP contribution in [0.5, 0.6) is 0 Å². The maximum Gasteiger partial charge on any atom is 0.356 e. The quantitative estimate of drug-likeness (QED) is 0.824. The van der Waals surface area contributed by atoms with Crippen molar-refractivity contribution in [3.8, 4) is 0 Å². The largest absolute Gasteiger partial charge is 0.476 e. The van der Waals surface area contributed by atoms with Crippen LogP contribution in [0.1, 0.15) is 24.3 Å². The van der Waals surface area contributed by atoms with Crippen LogP contribution >= 0.6 is 11.3 Å². The van der Waals surface area contributed by atoms with Crippen LogP contribution in [-0.2, 0) is 10.0 Å². The Morgan fingerprint density at radius 2 is 2.11 bits per heavy atom. The summed E-state index contributed by atoms with van der Waals surface area (Å²) >= 11 is 0.768. The molecule has 19 heavy (non-hydrogen) atoms. The number of rotatable bonds is 4. The van der Waals surface area contributed by atoms with Crippen molar-refractivity contribution in [2.75, 3.05) is 13.1 Å². The first-order valence-electron chi connectivity index (χ1n) is 5.58. The molecule has 2 N–H and O–H groups in total. The molecule has 1 aromatic rings. The van der Waals surface area contributed by atoms with Crippen molar-refractivity contribution in [1.29, 1.82) is 0 Å². The lowest BCUT2D eigenvalue weighted by Crippen LogP contribution is -2.65. The van der Waals surface area contributed by atoms with Crippen LogP contribution in [0, 0.1) is 5.92 Å². The molecule has 2 rings (SSSR count). The molecule has 1 saturated heterocycles. The molecule has 1 aliphatic heterocycles. The average molecular weight is 306 g/mol. The van der Waals surface area contributed by atoms with Crippen LogP contribution in [0.2, 0.25) is 0 Å². The SMILES string of the molecule is CC(C)C1(O)CN(S(=O)(=O)c2scnc2C(=O)O)C1. The Labute approximate surface area is 114 Å². The van der Waals surface area contributed by atoms with Crippen LogP contribution in [0.3, 0.4) is 0 Å². The smallest absolute Gasteiger partial charge is 0.356 e. The average Bonchev–Trinajstić information content (AvgIpc) is 2.73. The molecule has 0 spiro atoms. The Hall–Kier alpha value is -1.03. The number of carboxylic acid groups (broad SMARTS) is 1. The predicted octanol–water partition coefficient (Wildman–Crippen LogP) is 0.233. The zero-order valence-corrected chi connectivity index (χ0v) is 12.0. The maximum atomic E-state index is 12.2. The third kappa shape index (κ3) is 2.27. The number of carbonyl (C=O) groups is 1. The molecule has 0 saturated carbocycles. The van der Waals surface area contributed by atoms with Crippen molar-refractivity contribution in [1.82, 2.24) is 9.29 Å². The zero-order chi connectivity index (χ0) is 14.4. The zero-order valence-electron chi connectivity index (χ0n) is 10.4. The van der Waals surface area contributed by atoms with Crippen molar-refractivity contribution in [2.45, 2.75) is 23.7 Å². The summed E-state index contributed by atoms with van der Waals surface area (Å²) in [6.07, 6.45) is 0. The molecule has 1 fully saturated rings. The predicted molar refractivity (Wildman–Crippen MR) is 67.6 cm³/mol. The number of aromatic nitrogens is 1. The molecule has 0 radical (unpaired) electrons. The summed E-state index contributed by atoms with van der Waals surface area (Å²) in [4.78, 5) is 14.5. The van der Waals surface area contributed by atoms with E-state index in [-0.39, 0.29) is 23.2 Å². The van der Waals surface area contributed by atoms with Crippen LogP contribution < -0.4 is 0 Å². The van der Waals surface area contributed by atoms with Gasteiger partial charge in [-0.1, -0.05) is 13.8 Å². The Balaban J connectivity index is 2.26.